The number of sulfonamides is 1. The first-order valence-corrected chi connectivity index (χ1v) is 8.47. The van der Waals surface area contributed by atoms with Crippen LogP contribution >= 0.6 is 23.2 Å². The third kappa shape index (κ3) is 4.09. The van der Waals surface area contributed by atoms with E-state index in [0.717, 1.165) is 6.42 Å². The van der Waals surface area contributed by atoms with Gasteiger partial charge in [-0.05, 0) is 31.0 Å². The molecule has 1 amide bonds. The number of hydrogen-bond donors (Lipinski definition) is 1. The predicted octanol–water partition coefficient (Wildman–Crippen LogP) is 2.36. The Labute approximate surface area is 127 Å². The van der Waals surface area contributed by atoms with E-state index in [-0.39, 0.29) is 12.3 Å². The van der Waals surface area contributed by atoms with Gasteiger partial charge >= 0.3 is 0 Å². The van der Waals surface area contributed by atoms with Crippen molar-refractivity contribution in [2.75, 3.05) is 24.2 Å². The second kappa shape index (κ2) is 6.30. The van der Waals surface area contributed by atoms with Gasteiger partial charge in [-0.15, -0.1) is 0 Å². The molecule has 20 heavy (non-hydrogen) atoms. The SMILES string of the molecule is O=C(CN1CCCCS1(=O)=O)Nc1cc(Cl)cc(Cl)c1. The van der Waals surface area contributed by atoms with Gasteiger partial charge in [0, 0.05) is 22.3 Å². The van der Waals surface area contributed by atoms with Crippen molar-refractivity contribution >= 4 is 44.8 Å². The van der Waals surface area contributed by atoms with Crippen molar-refractivity contribution in [3.63, 3.8) is 0 Å². The van der Waals surface area contributed by atoms with Crippen molar-refractivity contribution in [2.24, 2.45) is 0 Å². The van der Waals surface area contributed by atoms with Crippen LogP contribution in [0.4, 0.5) is 5.69 Å². The average Bonchev–Trinajstić information content (AvgIpc) is 2.30. The average molecular weight is 337 g/mol. The Hall–Kier alpha value is -0.820. The largest absolute Gasteiger partial charge is 0.325 e. The molecule has 0 saturated carbocycles. The fourth-order valence-corrected chi connectivity index (χ4v) is 4.08. The summed E-state index contributed by atoms with van der Waals surface area (Å²) in [4.78, 5) is 11.9. The monoisotopic (exact) mass is 336 g/mol. The molecule has 1 saturated heterocycles. The van der Waals surface area contributed by atoms with Gasteiger partial charge < -0.3 is 5.32 Å². The van der Waals surface area contributed by atoms with Crippen molar-refractivity contribution in [3.8, 4) is 0 Å². The van der Waals surface area contributed by atoms with E-state index in [2.05, 4.69) is 5.32 Å². The van der Waals surface area contributed by atoms with Gasteiger partial charge in [0.05, 0.1) is 12.3 Å². The fraction of sp³-hybridized carbons (Fsp3) is 0.417. The lowest BCUT2D eigenvalue weighted by molar-refractivity contribution is -0.116. The Morgan fingerprint density at radius 1 is 1.20 bits per heavy atom. The number of benzene rings is 1. The second-order valence-electron chi connectivity index (χ2n) is 4.56. The van der Waals surface area contributed by atoms with Crippen molar-refractivity contribution < 1.29 is 13.2 Å². The molecular formula is C12H14Cl2N2O3S. The highest BCUT2D eigenvalue weighted by Gasteiger charge is 2.27. The Balaban J connectivity index is 2.02. The lowest BCUT2D eigenvalue weighted by Crippen LogP contribution is -2.42. The summed E-state index contributed by atoms with van der Waals surface area (Å²) in [6.07, 6.45) is 1.42. The molecule has 1 aliphatic rings. The first kappa shape index (κ1) is 15.6. The van der Waals surface area contributed by atoms with Gasteiger partial charge in [-0.1, -0.05) is 23.2 Å². The highest BCUT2D eigenvalue weighted by molar-refractivity contribution is 7.89. The molecular weight excluding hydrogens is 323 g/mol. The number of rotatable bonds is 3. The van der Waals surface area contributed by atoms with Crippen LogP contribution in [-0.2, 0) is 14.8 Å². The summed E-state index contributed by atoms with van der Waals surface area (Å²) < 4.78 is 24.8. The number of hydrogen-bond acceptors (Lipinski definition) is 3. The first-order chi connectivity index (χ1) is 9.37. The van der Waals surface area contributed by atoms with Crippen LogP contribution in [0.3, 0.4) is 0 Å². The Kier molecular flexibility index (Phi) is 4.90. The summed E-state index contributed by atoms with van der Waals surface area (Å²) >= 11 is 11.7. The summed E-state index contributed by atoms with van der Waals surface area (Å²) in [5, 5.41) is 3.40. The quantitative estimate of drug-likeness (QED) is 0.921. The topological polar surface area (TPSA) is 66.5 Å². The molecule has 8 heteroatoms. The molecule has 0 aliphatic carbocycles. The van der Waals surface area contributed by atoms with E-state index in [9.17, 15) is 13.2 Å². The molecule has 0 bridgehead atoms. The van der Waals surface area contributed by atoms with Crippen LogP contribution in [0.1, 0.15) is 12.8 Å². The summed E-state index contributed by atoms with van der Waals surface area (Å²) in [5.41, 5.74) is 0.446. The van der Waals surface area contributed by atoms with Crippen LogP contribution in [0.2, 0.25) is 10.0 Å². The fourth-order valence-electron chi connectivity index (χ4n) is 2.00. The maximum atomic E-state index is 11.9. The van der Waals surface area contributed by atoms with Crippen LogP contribution in [0.25, 0.3) is 0 Å². The van der Waals surface area contributed by atoms with E-state index in [1.807, 2.05) is 0 Å². The molecule has 1 aromatic carbocycles. The zero-order chi connectivity index (χ0) is 14.8. The minimum atomic E-state index is -3.31. The maximum Gasteiger partial charge on any atom is 0.239 e. The van der Waals surface area contributed by atoms with E-state index < -0.39 is 15.9 Å². The Bertz CT molecular complexity index is 599. The van der Waals surface area contributed by atoms with Gasteiger partial charge in [0.15, 0.2) is 0 Å². The molecule has 2 rings (SSSR count). The van der Waals surface area contributed by atoms with Crippen LogP contribution in [0, 0.1) is 0 Å². The van der Waals surface area contributed by atoms with Crippen LogP contribution < -0.4 is 5.32 Å². The van der Waals surface area contributed by atoms with Gasteiger partial charge in [0.1, 0.15) is 0 Å². The minimum Gasteiger partial charge on any atom is -0.325 e. The van der Waals surface area contributed by atoms with Crippen molar-refractivity contribution in [3.05, 3.63) is 28.2 Å². The molecule has 0 atom stereocenters. The standard InChI is InChI=1S/C12H14Cl2N2O3S/c13-9-5-10(14)7-11(6-9)15-12(17)8-16-3-1-2-4-20(16,18)19/h5-7H,1-4,8H2,(H,15,17). The first-order valence-electron chi connectivity index (χ1n) is 6.10. The van der Waals surface area contributed by atoms with E-state index in [1.165, 1.54) is 4.31 Å². The van der Waals surface area contributed by atoms with Crippen molar-refractivity contribution in [2.45, 2.75) is 12.8 Å². The number of nitrogens with one attached hydrogen (secondary N) is 1. The summed E-state index contributed by atoms with van der Waals surface area (Å²) in [6, 6.07) is 4.65. The highest BCUT2D eigenvalue weighted by atomic mass is 35.5. The van der Waals surface area contributed by atoms with Gasteiger partial charge in [0.2, 0.25) is 15.9 Å². The predicted molar refractivity (Wildman–Crippen MR) is 79.7 cm³/mol. The molecule has 0 unspecified atom stereocenters. The van der Waals surface area contributed by atoms with Gasteiger partial charge in [-0.2, -0.15) is 4.31 Å². The third-order valence-electron chi connectivity index (χ3n) is 2.92. The lowest BCUT2D eigenvalue weighted by atomic mass is 10.3. The normalized spacial score (nSPS) is 18.7. The number of carbonyl (C=O) groups is 1. The smallest absolute Gasteiger partial charge is 0.239 e. The molecule has 0 aromatic heterocycles. The summed E-state index contributed by atoms with van der Waals surface area (Å²) in [5.74, 6) is -0.308. The number of amides is 1. The number of nitrogens with zero attached hydrogens (tertiary/aromatic N) is 1. The van der Waals surface area contributed by atoms with Crippen LogP contribution in [0.15, 0.2) is 18.2 Å². The van der Waals surface area contributed by atoms with Gasteiger partial charge in [-0.25, -0.2) is 8.42 Å². The van der Waals surface area contributed by atoms with Crippen molar-refractivity contribution in [1.82, 2.24) is 4.31 Å². The zero-order valence-electron chi connectivity index (χ0n) is 10.6. The Morgan fingerprint density at radius 3 is 2.45 bits per heavy atom. The molecule has 0 radical (unpaired) electrons. The zero-order valence-corrected chi connectivity index (χ0v) is 12.9. The number of anilines is 1. The molecule has 1 fully saturated rings. The number of halogens is 2. The van der Waals surface area contributed by atoms with E-state index >= 15 is 0 Å². The molecule has 1 N–H and O–H groups in total. The van der Waals surface area contributed by atoms with E-state index in [1.54, 1.807) is 18.2 Å². The van der Waals surface area contributed by atoms with Gasteiger partial charge in [0.25, 0.3) is 0 Å². The maximum absolute atomic E-state index is 11.9. The lowest BCUT2D eigenvalue weighted by Gasteiger charge is -2.25. The second-order valence-corrected chi connectivity index (χ2v) is 7.52. The molecule has 1 heterocycles. The summed E-state index contributed by atoms with van der Waals surface area (Å²) in [6.45, 7) is 0.193. The molecule has 0 spiro atoms. The van der Waals surface area contributed by atoms with Crippen LogP contribution in [-0.4, -0.2) is 37.5 Å². The highest BCUT2D eigenvalue weighted by Crippen LogP contribution is 2.22. The van der Waals surface area contributed by atoms with E-state index in [0.29, 0.717) is 28.7 Å². The van der Waals surface area contributed by atoms with E-state index in [4.69, 9.17) is 23.2 Å². The molecule has 1 aliphatic heterocycles. The van der Waals surface area contributed by atoms with Crippen LogP contribution in [0.5, 0.6) is 0 Å². The number of carbonyl (C=O) groups excluding carboxylic acids is 1. The van der Waals surface area contributed by atoms with Gasteiger partial charge in [-0.3, -0.25) is 4.79 Å². The Morgan fingerprint density at radius 2 is 1.85 bits per heavy atom. The third-order valence-corrected chi connectivity index (χ3v) is 5.26. The van der Waals surface area contributed by atoms with Crippen molar-refractivity contribution in [1.29, 1.82) is 0 Å². The summed E-state index contributed by atoms with van der Waals surface area (Å²) in [7, 11) is -3.31. The molecule has 110 valence electrons. The molecule has 1 aromatic rings. The minimum absolute atomic E-state index is 0.100. The molecule has 5 nitrogen and oxygen atoms in total.